The number of benzene rings is 1. The van der Waals surface area contributed by atoms with Crippen LogP contribution in [0.3, 0.4) is 0 Å². The second kappa shape index (κ2) is 12.9. The number of nitrogens with zero attached hydrogens (tertiary/aromatic N) is 1. The second-order valence-corrected chi connectivity index (χ2v) is 8.34. The first-order valence-corrected chi connectivity index (χ1v) is 11.5. The zero-order chi connectivity index (χ0) is 22.6. The van der Waals surface area contributed by atoms with Crippen molar-refractivity contribution in [2.24, 2.45) is 5.73 Å². The van der Waals surface area contributed by atoms with Gasteiger partial charge in [0.15, 0.2) is 0 Å². The molecule has 0 radical (unpaired) electrons. The molecular weight excluding hydrogens is 414 g/mol. The molecule has 0 aliphatic rings. The van der Waals surface area contributed by atoms with Gasteiger partial charge in [-0.3, -0.25) is 10.1 Å². The summed E-state index contributed by atoms with van der Waals surface area (Å²) < 4.78 is 9.85. The molecular formula is C22H33N5O3S. The molecule has 0 saturated carbocycles. The minimum absolute atomic E-state index is 0.0880. The van der Waals surface area contributed by atoms with Crippen LogP contribution in [-0.4, -0.2) is 35.4 Å². The molecule has 8 nitrogen and oxygen atoms in total. The van der Waals surface area contributed by atoms with Crippen LogP contribution in [-0.2, 0) is 13.0 Å². The fraction of sp³-hybridized carbons (Fsp3) is 0.500. The largest absolute Gasteiger partial charge is 0.472 e. The van der Waals surface area contributed by atoms with Crippen molar-refractivity contribution < 1.29 is 14.3 Å². The first kappa shape index (κ1) is 24.6. The number of amides is 3. The summed E-state index contributed by atoms with van der Waals surface area (Å²) in [7, 11) is 0. The van der Waals surface area contributed by atoms with Crippen molar-refractivity contribution in [3.8, 4) is 5.88 Å². The van der Waals surface area contributed by atoms with Crippen LogP contribution in [0.2, 0.25) is 0 Å². The highest BCUT2D eigenvalue weighted by molar-refractivity contribution is 7.11. The maximum absolute atomic E-state index is 12.2. The summed E-state index contributed by atoms with van der Waals surface area (Å²) in [6, 6.07) is 8.10. The minimum Gasteiger partial charge on any atom is -0.472 e. The third-order valence-electron chi connectivity index (χ3n) is 4.63. The number of hydrogen-bond acceptors (Lipinski definition) is 6. The molecule has 170 valence electrons. The number of nitrogens with one attached hydrogen (secondary N) is 3. The Hall–Kier alpha value is -2.65. The molecule has 0 unspecified atom stereocenters. The number of ether oxygens (including phenoxy) is 1. The maximum atomic E-state index is 12.2. The molecule has 1 aromatic heterocycles. The summed E-state index contributed by atoms with van der Waals surface area (Å²) in [5.41, 5.74) is 7.78. The summed E-state index contributed by atoms with van der Waals surface area (Å²) in [5, 5.41) is 9.09. The van der Waals surface area contributed by atoms with Crippen LogP contribution in [0.4, 0.5) is 9.80 Å². The van der Waals surface area contributed by atoms with Crippen molar-refractivity contribution in [3.05, 3.63) is 41.0 Å². The minimum atomic E-state index is -0.696. The average molecular weight is 448 g/mol. The number of unbranched alkanes of at least 4 members (excludes halogenated alkanes) is 2. The van der Waals surface area contributed by atoms with E-state index in [9.17, 15) is 9.59 Å². The molecule has 9 heteroatoms. The maximum Gasteiger partial charge on any atom is 0.319 e. The summed E-state index contributed by atoms with van der Waals surface area (Å²) in [5.74, 6) is -0.567. The number of urea groups is 1. The highest BCUT2D eigenvalue weighted by atomic mass is 32.1. The molecule has 3 amide bonds. The molecule has 0 aliphatic heterocycles. The lowest BCUT2D eigenvalue weighted by molar-refractivity contribution is 0.0996. The number of nitrogens with two attached hydrogens (primary N) is 1. The van der Waals surface area contributed by atoms with Crippen molar-refractivity contribution in [3.63, 3.8) is 0 Å². The predicted octanol–water partition coefficient (Wildman–Crippen LogP) is 3.67. The number of aromatic nitrogens is 1. The van der Waals surface area contributed by atoms with Gasteiger partial charge in [0.2, 0.25) is 5.88 Å². The van der Waals surface area contributed by atoms with Crippen molar-refractivity contribution in [1.82, 2.24) is 15.0 Å². The summed E-state index contributed by atoms with van der Waals surface area (Å²) in [4.78, 5) is 24.1. The lowest BCUT2D eigenvalue weighted by atomic mass is 10.1. The van der Waals surface area contributed by atoms with Gasteiger partial charge in [-0.1, -0.05) is 51.5 Å². The highest BCUT2D eigenvalue weighted by Gasteiger charge is 2.22. The van der Waals surface area contributed by atoms with E-state index in [-0.39, 0.29) is 23.1 Å². The molecule has 0 aliphatic carbocycles. The first-order chi connectivity index (χ1) is 14.9. The smallest absolute Gasteiger partial charge is 0.319 e. The van der Waals surface area contributed by atoms with Crippen LogP contribution in [0.1, 0.15) is 61.5 Å². The fourth-order valence-electron chi connectivity index (χ4n) is 2.87. The van der Waals surface area contributed by atoms with Crippen molar-refractivity contribution in [2.45, 2.75) is 59.1 Å². The van der Waals surface area contributed by atoms with Gasteiger partial charge in [-0.25, -0.2) is 4.79 Å². The number of carbonyl (C=O) groups is 2. The summed E-state index contributed by atoms with van der Waals surface area (Å²) in [6.45, 7) is 8.10. The Labute approximate surface area is 188 Å². The van der Waals surface area contributed by atoms with E-state index in [1.807, 2.05) is 24.3 Å². The van der Waals surface area contributed by atoms with Gasteiger partial charge in [0.25, 0.3) is 5.91 Å². The van der Waals surface area contributed by atoms with Crippen LogP contribution in [0.5, 0.6) is 5.88 Å². The van der Waals surface area contributed by atoms with E-state index in [1.54, 1.807) is 0 Å². The monoisotopic (exact) mass is 447 g/mol. The Morgan fingerprint density at radius 2 is 1.77 bits per heavy atom. The lowest BCUT2D eigenvalue weighted by Crippen LogP contribution is -2.30. The van der Waals surface area contributed by atoms with Crippen molar-refractivity contribution >= 4 is 28.5 Å². The van der Waals surface area contributed by atoms with Gasteiger partial charge < -0.3 is 21.1 Å². The number of aryl methyl sites for hydroxylation is 1. The van der Waals surface area contributed by atoms with Crippen LogP contribution < -0.4 is 26.4 Å². The molecule has 1 heterocycles. The Bertz CT molecular complexity index is 836. The molecule has 5 N–H and O–H groups in total. The lowest BCUT2D eigenvalue weighted by Gasteiger charge is -2.09. The van der Waals surface area contributed by atoms with Gasteiger partial charge in [0.05, 0.1) is 0 Å². The van der Waals surface area contributed by atoms with Gasteiger partial charge in [-0.2, -0.15) is 4.37 Å². The van der Waals surface area contributed by atoms with E-state index >= 15 is 0 Å². The molecule has 0 fully saturated rings. The summed E-state index contributed by atoms with van der Waals surface area (Å²) >= 11 is 0.971. The summed E-state index contributed by atoms with van der Waals surface area (Å²) in [6.07, 6.45) is 3.92. The number of rotatable bonds is 13. The number of primary amides is 1. The van der Waals surface area contributed by atoms with E-state index in [2.05, 4.69) is 41.1 Å². The normalized spacial score (nSPS) is 10.8. The molecule has 2 rings (SSSR count). The SMILES string of the molecule is CCc1ccc(COc2nsc(NC(=O)NCCCCCNC(C)C)c2C(N)=O)cc1. The Morgan fingerprint density at radius 3 is 2.42 bits per heavy atom. The predicted molar refractivity (Wildman–Crippen MR) is 125 cm³/mol. The van der Waals surface area contributed by atoms with E-state index in [0.717, 1.165) is 49.3 Å². The fourth-order valence-corrected chi connectivity index (χ4v) is 3.60. The first-order valence-electron chi connectivity index (χ1n) is 10.7. The van der Waals surface area contributed by atoms with Crippen LogP contribution >= 0.6 is 11.5 Å². The molecule has 1 aromatic carbocycles. The van der Waals surface area contributed by atoms with E-state index < -0.39 is 11.9 Å². The zero-order valence-electron chi connectivity index (χ0n) is 18.5. The highest BCUT2D eigenvalue weighted by Crippen LogP contribution is 2.30. The van der Waals surface area contributed by atoms with E-state index in [1.165, 1.54) is 5.56 Å². The van der Waals surface area contributed by atoms with Crippen LogP contribution in [0.15, 0.2) is 24.3 Å². The van der Waals surface area contributed by atoms with Gasteiger partial charge >= 0.3 is 6.03 Å². The topological polar surface area (TPSA) is 118 Å². The molecule has 0 bridgehead atoms. The number of hydrogen-bond donors (Lipinski definition) is 4. The Morgan fingerprint density at radius 1 is 1.10 bits per heavy atom. The second-order valence-electron chi connectivity index (χ2n) is 7.57. The molecule has 31 heavy (non-hydrogen) atoms. The zero-order valence-corrected chi connectivity index (χ0v) is 19.3. The standard InChI is InChI=1S/C22H33N5O3S/c1-4-16-8-10-17(11-9-16)14-30-20-18(19(23)28)21(31-27-20)26-22(29)25-13-7-5-6-12-24-15(2)3/h8-11,15,24H,4-7,12-14H2,1-3H3,(H2,23,28)(H2,25,26,29). The number of carbonyl (C=O) groups excluding carboxylic acids is 2. The third kappa shape index (κ3) is 8.55. The Balaban J connectivity index is 1.82. The van der Waals surface area contributed by atoms with Gasteiger partial charge in [0, 0.05) is 12.6 Å². The van der Waals surface area contributed by atoms with Gasteiger partial charge in [-0.05, 0) is 48.5 Å². The molecule has 0 atom stereocenters. The molecule has 2 aromatic rings. The van der Waals surface area contributed by atoms with Crippen molar-refractivity contribution in [1.29, 1.82) is 0 Å². The average Bonchev–Trinajstić information content (AvgIpc) is 3.14. The quantitative estimate of drug-likeness (QED) is 0.349. The number of anilines is 1. The molecule has 0 saturated heterocycles. The Kier molecular flexibility index (Phi) is 10.3. The third-order valence-corrected chi connectivity index (χ3v) is 5.38. The van der Waals surface area contributed by atoms with Crippen molar-refractivity contribution in [2.75, 3.05) is 18.4 Å². The van der Waals surface area contributed by atoms with Gasteiger partial charge in [0.1, 0.15) is 17.2 Å². The van der Waals surface area contributed by atoms with E-state index in [0.29, 0.717) is 12.6 Å². The van der Waals surface area contributed by atoms with Gasteiger partial charge in [-0.15, -0.1) is 0 Å². The van der Waals surface area contributed by atoms with Crippen LogP contribution in [0.25, 0.3) is 0 Å². The van der Waals surface area contributed by atoms with E-state index in [4.69, 9.17) is 10.5 Å². The van der Waals surface area contributed by atoms with Crippen LogP contribution in [0, 0.1) is 0 Å². The molecule has 0 spiro atoms.